The molecule has 8 nitrogen and oxygen atoms in total. The van der Waals surface area contributed by atoms with Crippen molar-refractivity contribution in [1.29, 1.82) is 0 Å². The van der Waals surface area contributed by atoms with Gasteiger partial charge in [0.2, 0.25) is 0 Å². The zero-order valence-corrected chi connectivity index (χ0v) is 17.0. The van der Waals surface area contributed by atoms with Gasteiger partial charge in [-0.25, -0.2) is 8.42 Å². The molecule has 0 bridgehead atoms. The summed E-state index contributed by atoms with van der Waals surface area (Å²) in [7, 11) is -0.315. The molecule has 1 aromatic carbocycles. The summed E-state index contributed by atoms with van der Waals surface area (Å²) in [6.45, 7) is 2.08. The molecule has 1 aromatic rings. The SMILES string of the molecule is COCCN(C(=O)C(=O)Nc1cc(C)c(Cl)cc1OC)C1CCS(=O)(=O)C1. The number of nitrogens with one attached hydrogen (secondary N) is 1. The van der Waals surface area contributed by atoms with Crippen molar-refractivity contribution in [3.8, 4) is 5.75 Å². The van der Waals surface area contributed by atoms with Crippen LogP contribution in [-0.4, -0.2) is 70.1 Å². The van der Waals surface area contributed by atoms with Crippen LogP contribution in [0.15, 0.2) is 12.1 Å². The molecular formula is C17H23ClN2O6S. The van der Waals surface area contributed by atoms with Crippen molar-refractivity contribution in [2.75, 3.05) is 44.2 Å². The van der Waals surface area contributed by atoms with Gasteiger partial charge in [-0.15, -0.1) is 0 Å². The van der Waals surface area contributed by atoms with Crippen LogP contribution < -0.4 is 10.1 Å². The largest absolute Gasteiger partial charge is 0.495 e. The molecule has 2 amide bonds. The van der Waals surface area contributed by atoms with Gasteiger partial charge in [-0.3, -0.25) is 9.59 Å². The Morgan fingerprint density at radius 3 is 2.59 bits per heavy atom. The lowest BCUT2D eigenvalue weighted by atomic mass is 10.2. The lowest BCUT2D eigenvalue weighted by molar-refractivity contribution is -0.145. The van der Waals surface area contributed by atoms with Gasteiger partial charge in [0.25, 0.3) is 0 Å². The van der Waals surface area contributed by atoms with Crippen LogP contribution in [0.2, 0.25) is 5.02 Å². The molecule has 2 rings (SSSR count). The van der Waals surface area contributed by atoms with Crippen LogP contribution >= 0.6 is 11.6 Å². The van der Waals surface area contributed by atoms with Crippen LogP contribution in [0.4, 0.5) is 5.69 Å². The van der Waals surface area contributed by atoms with Gasteiger partial charge in [0.05, 0.1) is 30.9 Å². The predicted molar refractivity (Wildman–Crippen MR) is 102 cm³/mol. The van der Waals surface area contributed by atoms with Crippen LogP contribution in [0, 0.1) is 6.92 Å². The molecule has 0 aromatic heterocycles. The summed E-state index contributed by atoms with van der Waals surface area (Å²) < 4.78 is 33.7. The number of halogens is 1. The summed E-state index contributed by atoms with van der Waals surface area (Å²) >= 11 is 6.05. The highest BCUT2D eigenvalue weighted by atomic mass is 35.5. The summed E-state index contributed by atoms with van der Waals surface area (Å²) in [4.78, 5) is 26.5. The summed E-state index contributed by atoms with van der Waals surface area (Å²) in [5, 5.41) is 2.99. The van der Waals surface area contributed by atoms with Crippen LogP contribution in [0.3, 0.4) is 0 Å². The number of methoxy groups -OCH3 is 2. The first-order chi connectivity index (χ1) is 12.7. The molecule has 1 saturated heterocycles. The Kier molecular flexibility index (Phi) is 7.07. The van der Waals surface area contributed by atoms with Crippen molar-refractivity contribution < 1.29 is 27.5 Å². The second-order valence-electron chi connectivity index (χ2n) is 6.30. The number of hydrogen-bond acceptors (Lipinski definition) is 6. The van der Waals surface area contributed by atoms with E-state index in [0.717, 1.165) is 0 Å². The minimum Gasteiger partial charge on any atom is -0.495 e. The van der Waals surface area contributed by atoms with Gasteiger partial charge in [0.1, 0.15) is 5.75 Å². The number of nitrogens with zero attached hydrogens (tertiary/aromatic N) is 1. The third-order valence-corrected chi connectivity index (χ3v) is 6.53. The fourth-order valence-corrected chi connectivity index (χ4v) is 4.78. The zero-order chi connectivity index (χ0) is 20.2. The molecule has 1 heterocycles. The average Bonchev–Trinajstić information content (AvgIpc) is 2.97. The molecule has 0 spiro atoms. The van der Waals surface area contributed by atoms with E-state index in [1.54, 1.807) is 19.1 Å². The Morgan fingerprint density at radius 1 is 1.33 bits per heavy atom. The van der Waals surface area contributed by atoms with Gasteiger partial charge in [0, 0.05) is 30.8 Å². The quantitative estimate of drug-likeness (QED) is 0.698. The number of carbonyl (C=O) groups is 2. The second kappa shape index (κ2) is 8.90. The Morgan fingerprint density at radius 2 is 2.04 bits per heavy atom. The van der Waals surface area contributed by atoms with Gasteiger partial charge in [-0.2, -0.15) is 0 Å². The molecule has 1 fully saturated rings. The number of benzene rings is 1. The molecule has 0 aliphatic carbocycles. The third kappa shape index (κ3) is 5.33. The van der Waals surface area contributed by atoms with E-state index in [0.29, 0.717) is 28.4 Å². The molecule has 10 heteroatoms. The number of anilines is 1. The van der Waals surface area contributed by atoms with Crippen LogP contribution in [0.5, 0.6) is 5.75 Å². The summed E-state index contributed by atoms with van der Waals surface area (Å²) in [5.74, 6) is -1.53. The lowest BCUT2D eigenvalue weighted by Gasteiger charge is -2.27. The van der Waals surface area contributed by atoms with Gasteiger partial charge in [-0.1, -0.05) is 11.6 Å². The molecule has 150 valence electrons. The monoisotopic (exact) mass is 418 g/mol. The number of carbonyl (C=O) groups excluding carboxylic acids is 2. The number of ether oxygens (including phenoxy) is 2. The van der Waals surface area contributed by atoms with Crippen molar-refractivity contribution in [1.82, 2.24) is 4.90 Å². The fraction of sp³-hybridized carbons (Fsp3) is 0.529. The molecule has 27 heavy (non-hydrogen) atoms. The van der Waals surface area contributed by atoms with Gasteiger partial charge < -0.3 is 19.7 Å². The summed E-state index contributed by atoms with van der Waals surface area (Å²) in [5.41, 5.74) is 1.02. The van der Waals surface area contributed by atoms with Crippen molar-refractivity contribution in [3.05, 3.63) is 22.7 Å². The summed E-state index contributed by atoms with van der Waals surface area (Å²) in [6, 6.07) is 2.60. The van der Waals surface area contributed by atoms with Crippen molar-refractivity contribution in [2.24, 2.45) is 0 Å². The first-order valence-electron chi connectivity index (χ1n) is 8.34. The number of rotatable bonds is 6. The first kappa shape index (κ1) is 21.5. The predicted octanol–water partition coefficient (Wildman–Crippen LogP) is 1.26. The normalized spacial score (nSPS) is 18.1. The highest BCUT2D eigenvalue weighted by Gasteiger charge is 2.36. The second-order valence-corrected chi connectivity index (χ2v) is 8.94. The molecule has 1 aliphatic rings. The molecule has 1 unspecified atom stereocenters. The highest BCUT2D eigenvalue weighted by Crippen LogP contribution is 2.31. The Labute approximate surface area is 163 Å². The van der Waals surface area contributed by atoms with E-state index < -0.39 is 27.7 Å². The molecule has 0 radical (unpaired) electrons. The van der Waals surface area contributed by atoms with E-state index in [1.165, 1.54) is 19.1 Å². The zero-order valence-electron chi connectivity index (χ0n) is 15.5. The summed E-state index contributed by atoms with van der Waals surface area (Å²) in [6.07, 6.45) is 0.300. The molecule has 1 aliphatic heterocycles. The fourth-order valence-electron chi connectivity index (χ4n) is 2.90. The maximum absolute atomic E-state index is 12.7. The van der Waals surface area contributed by atoms with E-state index in [9.17, 15) is 18.0 Å². The topological polar surface area (TPSA) is 102 Å². The molecule has 1 atom stereocenters. The number of hydrogen-bond donors (Lipinski definition) is 1. The molecule has 0 saturated carbocycles. The molecule has 1 N–H and O–H groups in total. The van der Waals surface area contributed by atoms with E-state index in [2.05, 4.69) is 5.32 Å². The van der Waals surface area contributed by atoms with Gasteiger partial charge >= 0.3 is 11.8 Å². The lowest BCUT2D eigenvalue weighted by Crippen LogP contribution is -2.48. The average molecular weight is 419 g/mol. The Balaban J connectivity index is 2.20. The maximum Gasteiger partial charge on any atom is 0.314 e. The minimum atomic E-state index is -3.21. The van der Waals surface area contributed by atoms with Crippen LogP contribution in [0.25, 0.3) is 0 Å². The Hall–Kier alpha value is -1.84. The van der Waals surface area contributed by atoms with E-state index in [1.807, 2.05) is 0 Å². The minimum absolute atomic E-state index is 0.000248. The maximum atomic E-state index is 12.7. The smallest absolute Gasteiger partial charge is 0.314 e. The van der Waals surface area contributed by atoms with E-state index >= 15 is 0 Å². The van der Waals surface area contributed by atoms with Gasteiger partial charge in [-0.05, 0) is 25.0 Å². The van der Waals surface area contributed by atoms with Crippen molar-refractivity contribution in [3.63, 3.8) is 0 Å². The van der Waals surface area contributed by atoms with Crippen molar-refractivity contribution >= 4 is 38.9 Å². The highest BCUT2D eigenvalue weighted by molar-refractivity contribution is 7.91. The number of sulfone groups is 1. The van der Waals surface area contributed by atoms with E-state index in [-0.39, 0.29) is 24.7 Å². The van der Waals surface area contributed by atoms with E-state index in [4.69, 9.17) is 21.1 Å². The first-order valence-corrected chi connectivity index (χ1v) is 10.5. The van der Waals surface area contributed by atoms with Crippen LogP contribution in [0.1, 0.15) is 12.0 Å². The third-order valence-electron chi connectivity index (χ3n) is 4.37. The Bertz CT molecular complexity index is 827. The van der Waals surface area contributed by atoms with Gasteiger partial charge in [0.15, 0.2) is 9.84 Å². The van der Waals surface area contributed by atoms with Crippen LogP contribution in [-0.2, 0) is 24.2 Å². The standard InChI is InChI=1S/C17H23ClN2O6S/c1-11-8-14(15(26-3)9-13(11)18)19-16(21)17(22)20(5-6-25-2)12-4-7-27(23,24)10-12/h8-9,12H,4-7,10H2,1-3H3,(H,19,21). The number of aryl methyl sites for hydroxylation is 1. The molecular weight excluding hydrogens is 396 g/mol. The number of amides is 2. The van der Waals surface area contributed by atoms with Crippen molar-refractivity contribution in [2.45, 2.75) is 19.4 Å².